The zero-order valence-electron chi connectivity index (χ0n) is 18.4. The van der Waals surface area contributed by atoms with Crippen molar-refractivity contribution >= 4 is 5.57 Å². The maximum Gasteiger partial charge on any atom is -0.0132 e. The molecule has 0 nitrogen and oxygen atoms in total. The molecule has 0 aliphatic rings. The van der Waals surface area contributed by atoms with Crippen LogP contribution in [0.3, 0.4) is 0 Å². The van der Waals surface area contributed by atoms with E-state index in [1.165, 1.54) is 16.7 Å². The van der Waals surface area contributed by atoms with Gasteiger partial charge in [-0.05, 0) is 34.4 Å². The molecule has 23 heavy (non-hydrogen) atoms. The summed E-state index contributed by atoms with van der Waals surface area (Å²) in [6.45, 7) is 31.7. The van der Waals surface area contributed by atoms with E-state index in [0.29, 0.717) is 0 Å². The Bertz CT molecular complexity index is 390. The van der Waals surface area contributed by atoms with Crippen molar-refractivity contribution in [3.63, 3.8) is 0 Å². The Morgan fingerprint density at radius 3 is 1.09 bits per heavy atom. The maximum atomic E-state index is 4.07. The lowest BCUT2D eigenvalue weighted by Crippen LogP contribution is -2.16. The van der Waals surface area contributed by atoms with Gasteiger partial charge in [0.2, 0.25) is 0 Å². The number of allylic oxidation sites excluding steroid dienone is 1. The molecule has 0 radical (unpaired) electrons. The van der Waals surface area contributed by atoms with E-state index in [1.807, 2.05) is 41.5 Å². The molecule has 0 saturated heterocycles. The van der Waals surface area contributed by atoms with E-state index < -0.39 is 0 Å². The van der Waals surface area contributed by atoms with E-state index in [9.17, 15) is 0 Å². The van der Waals surface area contributed by atoms with Crippen LogP contribution in [0, 0.1) is 0 Å². The Balaban J connectivity index is -0.000000595. The van der Waals surface area contributed by atoms with Crippen LogP contribution in [0.15, 0.2) is 24.8 Å². The monoisotopic (exact) mass is 320 g/mol. The Morgan fingerprint density at radius 2 is 0.913 bits per heavy atom. The minimum absolute atomic E-state index is 0.186. The molecule has 0 N–H and O–H groups in total. The normalized spacial score (nSPS) is 10.1. The van der Waals surface area contributed by atoms with Gasteiger partial charge < -0.3 is 0 Å². The van der Waals surface area contributed by atoms with E-state index in [1.54, 1.807) is 0 Å². The van der Waals surface area contributed by atoms with Crippen molar-refractivity contribution in [3.8, 4) is 0 Å². The summed E-state index contributed by atoms with van der Waals surface area (Å²) in [6.07, 6.45) is 0. The van der Waals surface area contributed by atoms with Gasteiger partial charge >= 0.3 is 0 Å². The minimum Gasteiger partial charge on any atom is -0.0955 e. The van der Waals surface area contributed by atoms with Crippen molar-refractivity contribution in [2.75, 3.05) is 0 Å². The molecule has 0 heterocycles. The van der Waals surface area contributed by atoms with Crippen molar-refractivity contribution < 1.29 is 0 Å². The molecule has 0 aliphatic heterocycles. The van der Waals surface area contributed by atoms with Gasteiger partial charge in [0.15, 0.2) is 0 Å². The second-order valence-corrected chi connectivity index (χ2v) is 7.08. The molecule has 0 fully saturated rings. The molecule has 0 amide bonds. The van der Waals surface area contributed by atoms with Crippen LogP contribution in [0.5, 0.6) is 0 Å². The van der Waals surface area contributed by atoms with E-state index >= 15 is 0 Å². The highest BCUT2D eigenvalue weighted by Crippen LogP contribution is 2.31. The molecule has 1 aromatic carbocycles. The lowest BCUT2D eigenvalue weighted by Gasteiger charge is -2.26. The van der Waals surface area contributed by atoms with E-state index in [2.05, 4.69) is 73.2 Å². The van der Waals surface area contributed by atoms with Gasteiger partial charge in [-0.1, -0.05) is 113 Å². The first-order chi connectivity index (χ1) is 10.5. The highest BCUT2D eigenvalue weighted by Gasteiger charge is 2.20. The van der Waals surface area contributed by atoms with Crippen LogP contribution in [0.1, 0.15) is 107 Å². The van der Waals surface area contributed by atoms with Crippen molar-refractivity contribution in [2.45, 2.75) is 101 Å². The summed E-state index contributed by atoms with van der Waals surface area (Å²) in [6, 6.07) is 6.89. The number of benzene rings is 1. The van der Waals surface area contributed by atoms with Gasteiger partial charge in [0.25, 0.3) is 0 Å². The Labute approximate surface area is 148 Å². The summed E-state index contributed by atoms with van der Waals surface area (Å²) in [7, 11) is 0. The van der Waals surface area contributed by atoms with Crippen LogP contribution in [0.25, 0.3) is 5.57 Å². The first kappa shape index (κ1) is 26.8. The number of hydrogen-bond acceptors (Lipinski definition) is 0. The third-order valence-electron chi connectivity index (χ3n) is 3.16. The first-order valence-corrected chi connectivity index (χ1v) is 9.34. The van der Waals surface area contributed by atoms with Gasteiger partial charge in [-0.15, -0.1) is 0 Å². The molecule has 1 rings (SSSR count). The fourth-order valence-corrected chi connectivity index (χ4v) is 1.74. The van der Waals surface area contributed by atoms with E-state index in [-0.39, 0.29) is 10.8 Å². The van der Waals surface area contributed by atoms with Crippen LogP contribution in [-0.4, -0.2) is 0 Å². The molecule has 0 atom stereocenters. The lowest BCUT2D eigenvalue weighted by molar-refractivity contribution is 0.568. The van der Waals surface area contributed by atoms with Gasteiger partial charge in [-0.25, -0.2) is 0 Å². The SMILES string of the molecule is C=C(C)c1cc(C(C)(C)C)cc(C(C)(C)C)c1.CC.CC.CC. The zero-order chi connectivity index (χ0) is 19.4. The zero-order valence-corrected chi connectivity index (χ0v) is 18.4. The molecule has 0 aliphatic carbocycles. The molecular formula is C23H44. The van der Waals surface area contributed by atoms with E-state index in [0.717, 1.165) is 5.57 Å². The molecule has 1 aromatic rings. The van der Waals surface area contributed by atoms with Gasteiger partial charge in [-0.3, -0.25) is 0 Å². The molecule has 0 spiro atoms. The summed E-state index contributed by atoms with van der Waals surface area (Å²) in [5.41, 5.74) is 5.56. The molecule has 0 unspecified atom stereocenters. The Kier molecular flexibility index (Phi) is 14.5. The van der Waals surface area contributed by atoms with Gasteiger partial charge in [0, 0.05) is 0 Å². The second kappa shape index (κ2) is 12.4. The molecule has 0 heteroatoms. The third kappa shape index (κ3) is 10.4. The minimum atomic E-state index is 0.186. The highest BCUT2D eigenvalue weighted by atomic mass is 14.2. The Morgan fingerprint density at radius 1 is 0.652 bits per heavy atom. The second-order valence-electron chi connectivity index (χ2n) is 7.08. The topological polar surface area (TPSA) is 0 Å². The predicted molar refractivity (Wildman–Crippen MR) is 113 cm³/mol. The third-order valence-corrected chi connectivity index (χ3v) is 3.16. The lowest BCUT2D eigenvalue weighted by atomic mass is 9.79. The largest absolute Gasteiger partial charge is 0.0955 e. The maximum absolute atomic E-state index is 4.07. The summed E-state index contributed by atoms with van der Waals surface area (Å²) in [5, 5.41) is 0. The predicted octanol–water partition coefficient (Wildman–Crippen LogP) is 8.39. The summed E-state index contributed by atoms with van der Waals surface area (Å²) < 4.78 is 0. The highest BCUT2D eigenvalue weighted by molar-refractivity contribution is 5.63. The molecule has 0 saturated carbocycles. The van der Waals surface area contributed by atoms with E-state index in [4.69, 9.17) is 0 Å². The summed E-state index contributed by atoms with van der Waals surface area (Å²) >= 11 is 0. The Hall–Kier alpha value is -1.04. The van der Waals surface area contributed by atoms with Crippen LogP contribution in [0.4, 0.5) is 0 Å². The van der Waals surface area contributed by atoms with Gasteiger partial charge in [0.05, 0.1) is 0 Å². The summed E-state index contributed by atoms with van der Waals surface area (Å²) in [4.78, 5) is 0. The van der Waals surface area contributed by atoms with Crippen molar-refractivity contribution in [1.82, 2.24) is 0 Å². The fraction of sp³-hybridized carbons (Fsp3) is 0.652. The molecular weight excluding hydrogens is 276 g/mol. The average Bonchev–Trinajstić information content (AvgIpc) is 2.51. The standard InChI is InChI=1S/C17H26.3C2H6/c1-12(2)13-9-14(16(3,4)5)11-15(10-13)17(6,7)8;3*1-2/h9-11H,1H2,2-8H3;3*1-2H3. The van der Waals surface area contributed by atoms with Gasteiger partial charge in [-0.2, -0.15) is 0 Å². The summed E-state index contributed by atoms with van der Waals surface area (Å²) in [5.74, 6) is 0. The van der Waals surface area contributed by atoms with Crippen LogP contribution in [0.2, 0.25) is 0 Å². The molecule has 136 valence electrons. The van der Waals surface area contributed by atoms with Crippen LogP contribution >= 0.6 is 0 Å². The fourth-order valence-electron chi connectivity index (χ4n) is 1.74. The van der Waals surface area contributed by atoms with Crippen LogP contribution in [-0.2, 0) is 10.8 Å². The average molecular weight is 321 g/mol. The quantitative estimate of drug-likeness (QED) is 0.487. The number of hydrogen-bond donors (Lipinski definition) is 0. The first-order valence-electron chi connectivity index (χ1n) is 9.34. The van der Waals surface area contributed by atoms with Crippen molar-refractivity contribution in [2.24, 2.45) is 0 Å². The molecule has 0 bridgehead atoms. The van der Waals surface area contributed by atoms with Crippen molar-refractivity contribution in [1.29, 1.82) is 0 Å². The van der Waals surface area contributed by atoms with Crippen LogP contribution < -0.4 is 0 Å². The smallest absolute Gasteiger partial charge is 0.0132 e. The van der Waals surface area contributed by atoms with Crippen molar-refractivity contribution in [3.05, 3.63) is 41.5 Å². The van der Waals surface area contributed by atoms with Gasteiger partial charge in [0.1, 0.15) is 0 Å². The molecule has 0 aromatic heterocycles. The number of rotatable bonds is 1.